The van der Waals surface area contributed by atoms with E-state index in [-0.39, 0.29) is 16.6 Å². The maximum absolute atomic E-state index is 11.9. The van der Waals surface area contributed by atoms with Crippen LogP contribution in [0.3, 0.4) is 0 Å². The van der Waals surface area contributed by atoms with Gasteiger partial charge in [-0.1, -0.05) is 11.6 Å². The highest BCUT2D eigenvalue weighted by atomic mass is 35.5. The molecule has 0 amide bonds. The van der Waals surface area contributed by atoms with Gasteiger partial charge in [0.1, 0.15) is 15.9 Å². The molecular formula is C11H13ClN4O2S. The Morgan fingerprint density at radius 2 is 2.16 bits per heavy atom. The van der Waals surface area contributed by atoms with Crippen molar-refractivity contribution < 1.29 is 8.42 Å². The Morgan fingerprint density at radius 1 is 1.37 bits per heavy atom. The fourth-order valence-electron chi connectivity index (χ4n) is 1.54. The van der Waals surface area contributed by atoms with Crippen molar-refractivity contribution in [1.82, 2.24) is 19.3 Å². The van der Waals surface area contributed by atoms with Gasteiger partial charge in [-0.15, -0.1) is 0 Å². The summed E-state index contributed by atoms with van der Waals surface area (Å²) in [6.07, 6.45) is 5.23. The van der Waals surface area contributed by atoms with Gasteiger partial charge in [-0.3, -0.25) is 0 Å². The Bertz CT molecular complexity index is 652. The molecule has 0 fully saturated rings. The van der Waals surface area contributed by atoms with Gasteiger partial charge in [0.15, 0.2) is 0 Å². The minimum atomic E-state index is -3.55. The first-order chi connectivity index (χ1) is 8.99. The van der Waals surface area contributed by atoms with Gasteiger partial charge < -0.3 is 4.57 Å². The minimum absolute atomic E-state index is 0.0942. The smallest absolute Gasteiger partial charge is 0.242 e. The highest BCUT2D eigenvalue weighted by molar-refractivity contribution is 7.89. The number of pyridine rings is 1. The molecule has 2 heterocycles. The topological polar surface area (TPSA) is 76.9 Å². The van der Waals surface area contributed by atoms with Crippen LogP contribution in [0, 0.1) is 0 Å². The summed E-state index contributed by atoms with van der Waals surface area (Å²) in [5.41, 5.74) is 0. The Hall–Kier alpha value is -1.44. The summed E-state index contributed by atoms with van der Waals surface area (Å²) in [5.74, 6) is 0.817. The summed E-state index contributed by atoms with van der Waals surface area (Å²) < 4.78 is 28.2. The number of rotatable bonds is 5. The summed E-state index contributed by atoms with van der Waals surface area (Å²) in [5, 5.41) is 0.256. The molecular weight excluding hydrogens is 288 g/mol. The normalized spacial score (nSPS) is 11.7. The number of aromatic nitrogens is 3. The second-order valence-corrected chi connectivity index (χ2v) is 6.07. The molecule has 0 spiro atoms. The molecule has 1 N–H and O–H groups in total. The standard InChI is InChI=1S/C11H13ClN4O2S/c1-16-7-6-13-11(16)4-5-15-19(17,18)9-2-3-10(12)14-8-9/h2-3,6-8,15H,4-5H2,1H3. The van der Waals surface area contributed by atoms with Crippen LogP contribution in [0.15, 0.2) is 35.6 Å². The average molecular weight is 301 g/mol. The Kier molecular flexibility index (Phi) is 4.18. The molecule has 19 heavy (non-hydrogen) atoms. The summed E-state index contributed by atoms with van der Waals surface area (Å²) >= 11 is 5.61. The number of nitrogens with zero attached hydrogens (tertiary/aromatic N) is 3. The molecule has 0 saturated heterocycles. The molecule has 6 nitrogen and oxygen atoms in total. The van der Waals surface area contributed by atoms with Crippen LogP contribution in [0.4, 0.5) is 0 Å². The zero-order chi connectivity index (χ0) is 13.9. The fourth-order valence-corrected chi connectivity index (χ4v) is 2.63. The van der Waals surface area contributed by atoms with Crippen molar-refractivity contribution in [2.24, 2.45) is 7.05 Å². The predicted molar refractivity (Wildman–Crippen MR) is 71.3 cm³/mol. The van der Waals surface area contributed by atoms with E-state index in [0.717, 1.165) is 5.82 Å². The van der Waals surface area contributed by atoms with Crippen molar-refractivity contribution in [3.63, 3.8) is 0 Å². The molecule has 2 aromatic heterocycles. The van der Waals surface area contributed by atoms with Crippen LogP contribution >= 0.6 is 11.6 Å². The van der Waals surface area contributed by atoms with Crippen LogP contribution in [0.1, 0.15) is 5.82 Å². The first-order valence-electron chi connectivity index (χ1n) is 5.56. The molecule has 0 aliphatic carbocycles. The van der Waals surface area contributed by atoms with Crippen LogP contribution in [-0.4, -0.2) is 29.5 Å². The fraction of sp³-hybridized carbons (Fsp3) is 0.273. The first-order valence-corrected chi connectivity index (χ1v) is 7.42. The third-order valence-corrected chi connectivity index (χ3v) is 4.24. The van der Waals surface area contributed by atoms with Gasteiger partial charge in [-0.2, -0.15) is 0 Å². The summed E-state index contributed by atoms with van der Waals surface area (Å²) in [6.45, 7) is 0.274. The highest BCUT2D eigenvalue weighted by Gasteiger charge is 2.14. The van der Waals surface area contributed by atoms with E-state index in [1.807, 2.05) is 17.8 Å². The molecule has 0 radical (unpaired) electrons. The first kappa shape index (κ1) is 14.0. The van der Waals surface area contributed by atoms with Crippen molar-refractivity contribution in [3.8, 4) is 0 Å². The van der Waals surface area contributed by atoms with E-state index < -0.39 is 10.0 Å². The lowest BCUT2D eigenvalue weighted by Crippen LogP contribution is -2.26. The Morgan fingerprint density at radius 3 is 2.74 bits per heavy atom. The van der Waals surface area contributed by atoms with Gasteiger partial charge in [0.2, 0.25) is 10.0 Å². The number of hydrogen-bond donors (Lipinski definition) is 1. The molecule has 0 bridgehead atoms. The zero-order valence-electron chi connectivity index (χ0n) is 10.2. The number of hydrogen-bond acceptors (Lipinski definition) is 4. The summed E-state index contributed by atoms with van der Waals surface area (Å²) in [4.78, 5) is 7.96. The van der Waals surface area contributed by atoms with Crippen molar-refractivity contribution in [3.05, 3.63) is 41.7 Å². The number of imidazole rings is 1. The van der Waals surface area contributed by atoms with E-state index in [1.54, 1.807) is 6.20 Å². The molecule has 0 saturated carbocycles. The number of aryl methyl sites for hydroxylation is 1. The second kappa shape index (κ2) is 5.68. The van der Waals surface area contributed by atoms with Gasteiger partial charge in [0, 0.05) is 38.6 Å². The second-order valence-electron chi connectivity index (χ2n) is 3.92. The molecule has 8 heteroatoms. The third kappa shape index (κ3) is 3.52. The van der Waals surface area contributed by atoms with E-state index in [4.69, 9.17) is 11.6 Å². The van der Waals surface area contributed by atoms with Crippen LogP contribution in [-0.2, 0) is 23.5 Å². The van der Waals surface area contributed by atoms with Gasteiger partial charge in [0.25, 0.3) is 0 Å². The number of halogens is 1. The van der Waals surface area contributed by atoms with Crippen LogP contribution in [0.5, 0.6) is 0 Å². The van der Waals surface area contributed by atoms with Gasteiger partial charge >= 0.3 is 0 Å². The maximum atomic E-state index is 11.9. The van der Waals surface area contributed by atoms with E-state index in [9.17, 15) is 8.42 Å². The van der Waals surface area contributed by atoms with Crippen LogP contribution < -0.4 is 4.72 Å². The van der Waals surface area contributed by atoms with Crippen molar-refractivity contribution >= 4 is 21.6 Å². The lowest BCUT2D eigenvalue weighted by molar-refractivity contribution is 0.579. The van der Waals surface area contributed by atoms with Crippen molar-refractivity contribution in [2.75, 3.05) is 6.54 Å². The molecule has 102 valence electrons. The van der Waals surface area contributed by atoms with E-state index in [1.165, 1.54) is 18.3 Å². The summed E-state index contributed by atoms with van der Waals surface area (Å²) in [7, 11) is -1.69. The number of nitrogens with one attached hydrogen (secondary N) is 1. The van der Waals surface area contributed by atoms with Gasteiger partial charge in [0.05, 0.1) is 0 Å². The third-order valence-electron chi connectivity index (χ3n) is 2.57. The van der Waals surface area contributed by atoms with E-state index in [2.05, 4.69) is 14.7 Å². The quantitative estimate of drug-likeness (QED) is 0.835. The molecule has 2 rings (SSSR count). The minimum Gasteiger partial charge on any atom is -0.338 e. The van der Waals surface area contributed by atoms with E-state index >= 15 is 0 Å². The van der Waals surface area contributed by atoms with Gasteiger partial charge in [-0.05, 0) is 12.1 Å². The molecule has 0 aliphatic rings. The lowest BCUT2D eigenvalue weighted by atomic mass is 10.4. The van der Waals surface area contributed by atoms with Crippen LogP contribution in [0.25, 0.3) is 0 Å². The molecule has 0 unspecified atom stereocenters. The van der Waals surface area contributed by atoms with Gasteiger partial charge in [-0.25, -0.2) is 23.1 Å². The highest BCUT2D eigenvalue weighted by Crippen LogP contribution is 2.10. The summed E-state index contributed by atoms with van der Waals surface area (Å²) in [6, 6.07) is 2.85. The average Bonchev–Trinajstić information content (AvgIpc) is 2.75. The monoisotopic (exact) mass is 300 g/mol. The SMILES string of the molecule is Cn1ccnc1CCNS(=O)(=O)c1ccc(Cl)nc1. The largest absolute Gasteiger partial charge is 0.338 e. The van der Waals surface area contributed by atoms with E-state index in [0.29, 0.717) is 6.42 Å². The molecule has 0 aliphatic heterocycles. The predicted octanol–water partition coefficient (Wildman–Crippen LogP) is 0.989. The van der Waals surface area contributed by atoms with Crippen molar-refractivity contribution in [1.29, 1.82) is 0 Å². The van der Waals surface area contributed by atoms with Crippen LogP contribution in [0.2, 0.25) is 5.15 Å². The Labute approximate surface area is 116 Å². The number of sulfonamides is 1. The molecule has 0 aromatic carbocycles. The molecule has 2 aromatic rings. The maximum Gasteiger partial charge on any atom is 0.242 e. The lowest BCUT2D eigenvalue weighted by Gasteiger charge is -2.06. The van der Waals surface area contributed by atoms with Crippen molar-refractivity contribution in [2.45, 2.75) is 11.3 Å². The zero-order valence-corrected chi connectivity index (χ0v) is 11.8. The molecule has 0 atom stereocenters. The Balaban J connectivity index is 1.98.